The minimum absolute atomic E-state index is 0.591. The van der Waals surface area contributed by atoms with Crippen molar-refractivity contribution < 1.29 is 0 Å². The third-order valence-corrected chi connectivity index (χ3v) is 3.60. The molecule has 88 valence electrons. The second kappa shape index (κ2) is 4.34. The van der Waals surface area contributed by atoms with Crippen LogP contribution in [0.5, 0.6) is 0 Å². The second-order valence-electron chi connectivity index (χ2n) is 4.78. The average Bonchev–Trinajstić information content (AvgIpc) is 2.26. The molecule has 0 radical (unpaired) electrons. The Morgan fingerprint density at radius 3 is 2.75 bits per heavy atom. The molecule has 1 aromatic carbocycles. The molecule has 1 aromatic rings. The second-order valence-corrected chi connectivity index (χ2v) is 4.78. The molecule has 1 fully saturated rings. The number of likely N-dealkylation sites (N-methyl/N-ethyl adjacent to an activating group) is 1. The van der Waals surface area contributed by atoms with Crippen LogP contribution in [-0.4, -0.2) is 37.6 Å². The lowest BCUT2D eigenvalue weighted by Crippen LogP contribution is -2.50. The van der Waals surface area contributed by atoms with Crippen LogP contribution in [0.2, 0.25) is 0 Å². The molecule has 0 aromatic heterocycles. The normalized spacial score (nSPS) is 22.4. The van der Waals surface area contributed by atoms with E-state index in [1.54, 1.807) is 0 Å². The molecule has 1 unspecified atom stereocenters. The highest BCUT2D eigenvalue weighted by molar-refractivity contribution is 5.71. The number of nitrogens with zero attached hydrogens (tertiary/aromatic N) is 2. The van der Waals surface area contributed by atoms with Crippen molar-refractivity contribution in [2.45, 2.75) is 19.9 Å². The first-order chi connectivity index (χ1) is 7.59. The third kappa shape index (κ3) is 2.00. The molecule has 0 saturated carbocycles. The SMILES string of the molecule is Cc1cccc(N2CCN(C)C(C)C2)c1N. The van der Waals surface area contributed by atoms with Crippen LogP contribution in [0.3, 0.4) is 0 Å². The highest BCUT2D eigenvalue weighted by Crippen LogP contribution is 2.27. The number of piperazine rings is 1. The van der Waals surface area contributed by atoms with E-state index in [0.717, 1.165) is 25.3 Å². The van der Waals surface area contributed by atoms with Crippen molar-refractivity contribution in [3.63, 3.8) is 0 Å². The molecule has 16 heavy (non-hydrogen) atoms. The van der Waals surface area contributed by atoms with E-state index in [9.17, 15) is 0 Å². The van der Waals surface area contributed by atoms with Gasteiger partial charge in [-0.2, -0.15) is 0 Å². The van der Waals surface area contributed by atoms with Crippen molar-refractivity contribution >= 4 is 11.4 Å². The van der Waals surface area contributed by atoms with Crippen molar-refractivity contribution in [2.75, 3.05) is 37.3 Å². The van der Waals surface area contributed by atoms with Crippen LogP contribution in [0.15, 0.2) is 18.2 Å². The molecule has 1 heterocycles. The molecule has 1 aliphatic heterocycles. The van der Waals surface area contributed by atoms with Gasteiger partial charge in [-0.15, -0.1) is 0 Å². The van der Waals surface area contributed by atoms with Gasteiger partial charge in [0.1, 0.15) is 0 Å². The molecule has 2 rings (SSSR count). The predicted molar refractivity (Wildman–Crippen MR) is 69.9 cm³/mol. The Morgan fingerprint density at radius 2 is 2.06 bits per heavy atom. The molecule has 3 heteroatoms. The quantitative estimate of drug-likeness (QED) is 0.730. The predicted octanol–water partition coefficient (Wildman–Crippen LogP) is 1.72. The summed E-state index contributed by atoms with van der Waals surface area (Å²) in [4.78, 5) is 4.79. The Morgan fingerprint density at radius 1 is 1.31 bits per heavy atom. The van der Waals surface area contributed by atoms with E-state index >= 15 is 0 Å². The summed E-state index contributed by atoms with van der Waals surface area (Å²) in [6.07, 6.45) is 0. The number of aryl methyl sites for hydroxylation is 1. The van der Waals surface area contributed by atoms with Gasteiger partial charge in [0.15, 0.2) is 0 Å². The summed E-state index contributed by atoms with van der Waals surface area (Å²) in [7, 11) is 2.18. The fraction of sp³-hybridized carbons (Fsp3) is 0.538. The maximum absolute atomic E-state index is 6.14. The lowest BCUT2D eigenvalue weighted by molar-refractivity contribution is 0.234. The summed E-state index contributed by atoms with van der Waals surface area (Å²) in [5.74, 6) is 0. The summed E-state index contributed by atoms with van der Waals surface area (Å²) in [5.41, 5.74) is 9.43. The summed E-state index contributed by atoms with van der Waals surface area (Å²) in [6.45, 7) is 7.56. The Labute approximate surface area is 97.8 Å². The summed E-state index contributed by atoms with van der Waals surface area (Å²) < 4.78 is 0. The summed E-state index contributed by atoms with van der Waals surface area (Å²) in [5, 5.41) is 0. The number of anilines is 2. The number of nitrogens with two attached hydrogens (primary N) is 1. The lowest BCUT2D eigenvalue weighted by Gasteiger charge is -2.39. The molecule has 0 spiro atoms. The summed E-state index contributed by atoms with van der Waals surface area (Å²) >= 11 is 0. The maximum Gasteiger partial charge on any atom is 0.0603 e. The highest BCUT2D eigenvalue weighted by atomic mass is 15.3. The molecule has 0 aliphatic carbocycles. The van der Waals surface area contributed by atoms with Crippen molar-refractivity contribution in [1.29, 1.82) is 0 Å². The summed E-state index contributed by atoms with van der Waals surface area (Å²) in [6, 6.07) is 6.87. The van der Waals surface area contributed by atoms with Crippen LogP contribution in [0.4, 0.5) is 11.4 Å². The molecular formula is C13H21N3. The van der Waals surface area contributed by atoms with Gasteiger partial charge in [0.25, 0.3) is 0 Å². The van der Waals surface area contributed by atoms with E-state index in [1.807, 2.05) is 0 Å². The molecule has 1 saturated heterocycles. The van der Waals surface area contributed by atoms with Gasteiger partial charge in [-0.25, -0.2) is 0 Å². The molecule has 1 atom stereocenters. The van der Waals surface area contributed by atoms with Crippen LogP contribution in [0.25, 0.3) is 0 Å². The zero-order chi connectivity index (χ0) is 11.7. The van der Waals surface area contributed by atoms with E-state index in [2.05, 4.69) is 48.9 Å². The minimum Gasteiger partial charge on any atom is -0.397 e. The zero-order valence-electron chi connectivity index (χ0n) is 10.4. The van der Waals surface area contributed by atoms with E-state index in [1.165, 1.54) is 11.3 Å². The van der Waals surface area contributed by atoms with Gasteiger partial charge in [-0.05, 0) is 32.5 Å². The molecule has 1 aliphatic rings. The van der Waals surface area contributed by atoms with Gasteiger partial charge >= 0.3 is 0 Å². The van der Waals surface area contributed by atoms with Crippen molar-refractivity contribution in [3.8, 4) is 0 Å². The fourth-order valence-corrected chi connectivity index (χ4v) is 2.21. The number of nitrogen functional groups attached to an aromatic ring is 1. The molecule has 0 bridgehead atoms. The van der Waals surface area contributed by atoms with Crippen molar-refractivity contribution in [2.24, 2.45) is 0 Å². The Bertz CT molecular complexity index is 375. The average molecular weight is 219 g/mol. The van der Waals surface area contributed by atoms with Gasteiger partial charge in [0.2, 0.25) is 0 Å². The van der Waals surface area contributed by atoms with Gasteiger partial charge in [0.05, 0.1) is 11.4 Å². The number of para-hydroxylation sites is 1. The van der Waals surface area contributed by atoms with Crippen molar-refractivity contribution in [1.82, 2.24) is 4.90 Å². The van der Waals surface area contributed by atoms with E-state index in [-0.39, 0.29) is 0 Å². The zero-order valence-corrected chi connectivity index (χ0v) is 10.4. The topological polar surface area (TPSA) is 32.5 Å². The van der Waals surface area contributed by atoms with Crippen LogP contribution >= 0.6 is 0 Å². The van der Waals surface area contributed by atoms with E-state index in [4.69, 9.17) is 5.73 Å². The first-order valence-corrected chi connectivity index (χ1v) is 5.90. The van der Waals surface area contributed by atoms with Gasteiger partial charge in [-0.3, -0.25) is 0 Å². The first-order valence-electron chi connectivity index (χ1n) is 5.90. The Balaban J connectivity index is 2.22. The number of hydrogen-bond donors (Lipinski definition) is 1. The molecule has 2 N–H and O–H groups in total. The molecular weight excluding hydrogens is 198 g/mol. The lowest BCUT2D eigenvalue weighted by atomic mass is 10.1. The smallest absolute Gasteiger partial charge is 0.0603 e. The number of rotatable bonds is 1. The largest absolute Gasteiger partial charge is 0.397 e. The highest BCUT2D eigenvalue weighted by Gasteiger charge is 2.22. The van der Waals surface area contributed by atoms with Crippen LogP contribution < -0.4 is 10.6 Å². The van der Waals surface area contributed by atoms with Crippen LogP contribution in [0.1, 0.15) is 12.5 Å². The molecule has 0 amide bonds. The minimum atomic E-state index is 0.591. The van der Waals surface area contributed by atoms with Crippen LogP contribution in [-0.2, 0) is 0 Å². The third-order valence-electron chi connectivity index (χ3n) is 3.60. The van der Waals surface area contributed by atoms with E-state index < -0.39 is 0 Å². The molecule has 3 nitrogen and oxygen atoms in total. The van der Waals surface area contributed by atoms with Gasteiger partial charge < -0.3 is 15.5 Å². The maximum atomic E-state index is 6.14. The van der Waals surface area contributed by atoms with Crippen LogP contribution in [0, 0.1) is 6.92 Å². The monoisotopic (exact) mass is 219 g/mol. The number of benzene rings is 1. The Hall–Kier alpha value is -1.22. The van der Waals surface area contributed by atoms with Gasteiger partial charge in [0, 0.05) is 25.7 Å². The van der Waals surface area contributed by atoms with E-state index in [0.29, 0.717) is 6.04 Å². The van der Waals surface area contributed by atoms with Gasteiger partial charge in [-0.1, -0.05) is 12.1 Å². The Kier molecular flexibility index (Phi) is 3.06. The fourth-order valence-electron chi connectivity index (χ4n) is 2.21. The standard InChI is InChI=1S/C13H21N3/c1-10-5-4-6-12(13(10)14)16-8-7-15(3)11(2)9-16/h4-6,11H,7-9,14H2,1-3H3. The van der Waals surface area contributed by atoms with Crippen molar-refractivity contribution in [3.05, 3.63) is 23.8 Å². The number of hydrogen-bond acceptors (Lipinski definition) is 3. The first kappa shape index (κ1) is 11.3.